The number of hydrogen-bond acceptors (Lipinski definition) is 5. The molecule has 0 N–H and O–H groups in total. The zero-order valence-corrected chi connectivity index (χ0v) is 14.5. The van der Waals surface area contributed by atoms with E-state index in [-0.39, 0.29) is 11.7 Å². The van der Waals surface area contributed by atoms with Crippen LogP contribution in [0.25, 0.3) is 11.4 Å². The Morgan fingerprint density at radius 1 is 1.27 bits per heavy atom. The van der Waals surface area contributed by atoms with Crippen LogP contribution in [0.15, 0.2) is 29.4 Å². The van der Waals surface area contributed by atoms with Crippen LogP contribution in [0.2, 0.25) is 5.02 Å². The Labute approximate surface area is 139 Å². The molecule has 0 aliphatic carbocycles. The molecule has 2 aromatic rings. The number of carbonyl (C=O) groups is 1. The lowest BCUT2D eigenvalue weighted by Crippen LogP contribution is -2.25. The fourth-order valence-corrected chi connectivity index (χ4v) is 2.60. The van der Waals surface area contributed by atoms with Crippen LogP contribution >= 0.6 is 23.4 Å². The van der Waals surface area contributed by atoms with Crippen molar-refractivity contribution in [2.75, 3.05) is 5.75 Å². The van der Waals surface area contributed by atoms with Crippen molar-refractivity contribution < 1.29 is 9.53 Å². The molecule has 0 amide bonds. The Bertz CT molecular complexity index is 662. The predicted molar refractivity (Wildman–Crippen MR) is 88.0 cm³/mol. The van der Waals surface area contributed by atoms with E-state index in [1.165, 1.54) is 11.8 Å². The third kappa shape index (κ3) is 4.48. The van der Waals surface area contributed by atoms with Gasteiger partial charge in [-0.2, -0.15) is 0 Å². The molecule has 2 rings (SSSR count). The maximum Gasteiger partial charge on any atom is 0.316 e. The van der Waals surface area contributed by atoms with Crippen LogP contribution in [0, 0.1) is 0 Å². The minimum atomic E-state index is -0.480. The third-order valence-electron chi connectivity index (χ3n) is 2.68. The fourth-order valence-electron chi connectivity index (χ4n) is 1.79. The maximum atomic E-state index is 11.7. The van der Waals surface area contributed by atoms with Gasteiger partial charge in [-0.3, -0.25) is 4.79 Å². The van der Waals surface area contributed by atoms with E-state index in [4.69, 9.17) is 16.3 Å². The lowest BCUT2D eigenvalue weighted by molar-refractivity contribution is -0.151. The summed E-state index contributed by atoms with van der Waals surface area (Å²) in [5.74, 6) is 0.654. The number of benzene rings is 1. The molecule has 0 bridgehead atoms. The van der Waals surface area contributed by atoms with Gasteiger partial charge in [0, 0.05) is 17.6 Å². The number of esters is 1. The van der Waals surface area contributed by atoms with Crippen LogP contribution in [-0.4, -0.2) is 32.1 Å². The van der Waals surface area contributed by atoms with Gasteiger partial charge in [-0.1, -0.05) is 23.4 Å². The summed E-state index contributed by atoms with van der Waals surface area (Å²) in [6.45, 7) is 5.53. The van der Waals surface area contributed by atoms with Crippen LogP contribution in [0.5, 0.6) is 0 Å². The topological polar surface area (TPSA) is 57.0 Å². The van der Waals surface area contributed by atoms with Crippen molar-refractivity contribution in [1.29, 1.82) is 0 Å². The highest BCUT2D eigenvalue weighted by atomic mass is 35.5. The average Bonchev–Trinajstić information content (AvgIpc) is 2.77. The van der Waals surface area contributed by atoms with Crippen molar-refractivity contribution in [2.45, 2.75) is 31.5 Å². The highest BCUT2D eigenvalue weighted by Crippen LogP contribution is 2.24. The van der Waals surface area contributed by atoms with E-state index in [9.17, 15) is 4.79 Å². The second-order valence-corrected chi connectivity index (χ2v) is 7.13. The quantitative estimate of drug-likeness (QED) is 0.629. The number of hydrogen-bond donors (Lipinski definition) is 0. The van der Waals surface area contributed by atoms with Crippen LogP contribution < -0.4 is 0 Å². The van der Waals surface area contributed by atoms with E-state index in [0.717, 1.165) is 11.4 Å². The van der Waals surface area contributed by atoms with Gasteiger partial charge in [0.2, 0.25) is 0 Å². The Hall–Kier alpha value is -1.53. The number of carbonyl (C=O) groups excluding carboxylic acids is 1. The van der Waals surface area contributed by atoms with Crippen LogP contribution in [0.4, 0.5) is 0 Å². The molecular formula is C15H18ClN3O2S. The number of ether oxygens (including phenoxy) is 1. The smallest absolute Gasteiger partial charge is 0.316 e. The Kier molecular flexibility index (Phi) is 5.13. The molecule has 0 saturated carbocycles. The molecule has 0 fully saturated rings. The first-order valence-corrected chi connectivity index (χ1v) is 8.12. The number of aromatic nitrogens is 3. The van der Waals surface area contributed by atoms with Gasteiger partial charge in [-0.15, -0.1) is 10.2 Å². The average molecular weight is 340 g/mol. The summed E-state index contributed by atoms with van der Waals surface area (Å²) in [4.78, 5) is 11.7. The van der Waals surface area contributed by atoms with Crippen molar-refractivity contribution in [3.8, 4) is 11.4 Å². The fraction of sp³-hybridized carbons (Fsp3) is 0.400. The third-order valence-corrected chi connectivity index (χ3v) is 3.92. The molecule has 1 aromatic carbocycles. The highest BCUT2D eigenvalue weighted by Gasteiger charge is 2.18. The summed E-state index contributed by atoms with van der Waals surface area (Å²) in [6, 6.07) is 7.38. The molecular weight excluding hydrogens is 322 g/mol. The number of halogens is 1. The van der Waals surface area contributed by atoms with Gasteiger partial charge in [0.05, 0.1) is 5.75 Å². The van der Waals surface area contributed by atoms with E-state index < -0.39 is 5.60 Å². The van der Waals surface area contributed by atoms with Crippen molar-refractivity contribution in [2.24, 2.45) is 7.05 Å². The van der Waals surface area contributed by atoms with Gasteiger partial charge in [-0.25, -0.2) is 0 Å². The van der Waals surface area contributed by atoms with Crippen molar-refractivity contribution >= 4 is 29.3 Å². The van der Waals surface area contributed by atoms with Crippen LogP contribution in [0.3, 0.4) is 0 Å². The van der Waals surface area contributed by atoms with Crippen LogP contribution in [-0.2, 0) is 16.6 Å². The minimum Gasteiger partial charge on any atom is -0.459 e. The molecule has 0 atom stereocenters. The molecule has 0 radical (unpaired) electrons. The Balaban J connectivity index is 2.05. The van der Waals surface area contributed by atoms with E-state index in [0.29, 0.717) is 10.2 Å². The monoisotopic (exact) mass is 339 g/mol. The van der Waals surface area contributed by atoms with E-state index >= 15 is 0 Å². The number of thioether (sulfide) groups is 1. The number of rotatable bonds is 4. The molecule has 22 heavy (non-hydrogen) atoms. The van der Waals surface area contributed by atoms with Crippen LogP contribution in [0.1, 0.15) is 20.8 Å². The highest BCUT2D eigenvalue weighted by molar-refractivity contribution is 7.99. The lowest BCUT2D eigenvalue weighted by atomic mass is 10.2. The van der Waals surface area contributed by atoms with Gasteiger partial charge >= 0.3 is 5.97 Å². The van der Waals surface area contributed by atoms with Gasteiger partial charge in [0.1, 0.15) is 5.60 Å². The number of nitrogens with zero attached hydrogens (tertiary/aromatic N) is 3. The van der Waals surface area contributed by atoms with Crippen molar-refractivity contribution in [3.63, 3.8) is 0 Å². The Morgan fingerprint density at radius 3 is 2.50 bits per heavy atom. The first-order chi connectivity index (χ1) is 10.3. The summed E-state index contributed by atoms with van der Waals surface area (Å²) >= 11 is 7.19. The molecule has 5 nitrogen and oxygen atoms in total. The first-order valence-electron chi connectivity index (χ1n) is 6.76. The second-order valence-electron chi connectivity index (χ2n) is 5.75. The summed E-state index contributed by atoms with van der Waals surface area (Å²) in [5.41, 5.74) is 0.440. The van der Waals surface area contributed by atoms with E-state index in [1.54, 1.807) is 12.1 Å². The normalized spacial score (nSPS) is 11.5. The van der Waals surface area contributed by atoms with Crippen molar-refractivity contribution in [1.82, 2.24) is 14.8 Å². The molecule has 7 heteroatoms. The van der Waals surface area contributed by atoms with Gasteiger partial charge in [0.15, 0.2) is 11.0 Å². The largest absolute Gasteiger partial charge is 0.459 e. The molecule has 0 aliphatic heterocycles. The van der Waals surface area contributed by atoms with Gasteiger partial charge in [-0.05, 0) is 45.0 Å². The maximum absolute atomic E-state index is 11.7. The molecule has 0 aliphatic rings. The molecule has 0 spiro atoms. The van der Waals surface area contributed by atoms with Gasteiger partial charge in [0.25, 0.3) is 0 Å². The first kappa shape index (κ1) is 16.8. The summed E-state index contributed by atoms with van der Waals surface area (Å²) in [7, 11) is 1.86. The van der Waals surface area contributed by atoms with Gasteiger partial charge < -0.3 is 9.30 Å². The predicted octanol–water partition coefficient (Wildman–Crippen LogP) is 3.57. The zero-order chi connectivity index (χ0) is 16.3. The standard InChI is InChI=1S/C15H18ClN3O2S/c1-15(2,3)21-12(20)9-22-14-18-17-13(19(14)4)10-5-7-11(16)8-6-10/h5-8H,9H2,1-4H3. The van der Waals surface area contributed by atoms with E-state index in [1.807, 2.05) is 44.5 Å². The molecule has 0 unspecified atom stereocenters. The zero-order valence-electron chi connectivity index (χ0n) is 13.0. The second kappa shape index (κ2) is 6.71. The minimum absolute atomic E-state index is 0.198. The molecule has 1 aromatic heterocycles. The van der Waals surface area contributed by atoms with E-state index in [2.05, 4.69) is 10.2 Å². The Morgan fingerprint density at radius 2 is 1.91 bits per heavy atom. The molecule has 0 saturated heterocycles. The lowest BCUT2D eigenvalue weighted by Gasteiger charge is -2.19. The summed E-state index contributed by atoms with van der Waals surface area (Å²) in [6.07, 6.45) is 0. The van der Waals surface area contributed by atoms with Crippen molar-refractivity contribution in [3.05, 3.63) is 29.3 Å². The molecule has 118 valence electrons. The summed E-state index contributed by atoms with van der Waals surface area (Å²) in [5, 5.41) is 9.62. The molecule has 1 heterocycles. The SMILES string of the molecule is Cn1c(SCC(=O)OC(C)(C)C)nnc1-c1ccc(Cl)cc1. The summed E-state index contributed by atoms with van der Waals surface area (Å²) < 4.78 is 7.12.